The van der Waals surface area contributed by atoms with Crippen LogP contribution in [0, 0.1) is 5.92 Å². The number of halogens is 1. The first-order chi connectivity index (χ1) is 12.2. The molecule has 26 heavy (non-hydrogen) atoms. The predicted octanol–water partition coefficient (Wildman–Crippen LogP) is 3.19. The second-order valence-corrected chi connectivity index (χ2v) is 8.93. The minimum Gasteiger partial charge on any atom is -0.381 e. The van der Waals surface area contributed by atoms with Crippen molar-refractivity contribution < 1.29 is 4.74 Å². The summed E-state index contributed by atoms with van der Waals surface area (Å²) in [6.45, 7) is 10.4. The van der Waals surface area contributed by atoms with Gasteiger partial charge in [-0.3, -0.25) is 9.89 Å². The lowest BCUT2D eigenvalue weighted by Crippen LogP contribution is -2.57. The van der Waals surface area contributed by atoms with Crippen molar-refractivity contribution in [1.29, 1.82) is 0 Å². The summed E-state index contributed by atoms with van der Waals surface area (Å²) < 4.78 is 5.64. The van der Waals surface area contributed by atoms with Crippen molar-refractivity contribution in [3.8, 4) is 0 Å². The molecule has 0 aromatic heterocycles. The number of aliphatic imine (C=N–C) groups is 1. The van der Waals surface area contributed by atoms with Gasteiger partial charge in [-0.2, -0.15) is 11.8 Å². The fourth-order valence-electron chi connectivity index (χ4n) is 3.84. The van der Waals surface area contributed by atoms with E-state index in [2.05, 4.69) is 46.1 Å². The first-order valence-electron chi connectivity index (χ1n) is 10.0. The van der Waals surface area contributed by atoms with Gasteiger partial charge in [-0.05, 0) is 25.2 Å². The number of ether oxygens (including phenoxy) is 1. The molecule has 1 saturated carbocycles. The van der Waals surface area contributed by atoms with Gasteiger partial charge in [0.1, 0.15) is 0 Å². The van der Waals surface area contributed by atoms with Crippen molar-refractivity contribution in [1.82, 2.24) is 15.5 Å². The molecule has 0 aromatic rings. The van der Waals surface area contributed by atoms with Crippen LogP contribution in [0.25, 0.3) is 0 Å². The van der Waals surface area contributed by atoms with Gasteiger partial charge in [-0.25, -0.2) is 0 Å². The monoisotopic (exact) mass is 498 g/mol. The maximum Gasteiger partial charge on any atom is 0.191 e. The standard InChI is InChI=1S/C19H38N4OS.HI/c1-17(2)15-24-12-6-9-21-18(20-3)22-16-19(7-4-5-8-19)23-10-13-25-14-11-23;/h17H,4-16H2,1-3H3,(H2,20,21,22);1H. The summed E-state index contributed by atoms with van der Waals surface area (Å²) in [6, 6.07) is 0. The minimum absolute atomic E-state index is 0. The van der Waals surface area contributed by atoms with E-state index in [-0.39, 0.29) is 24.0 Å². The third-order valence-corrected chi connectivity index (χ3v) is 6.18. The van der Waals surface area contributed by atoms with Gasteiger partial charge in [0, 0.05) is 63.5 Å². The molecule has 1 heterocycles. The van der Waals surface area contributed by atoms with Crippen LogP contribution in [-0.4, -0.2) is 74.3 Å². The largest absolute Gasteiger partial charge is 0.381 e. The molecule has 0 bridgehead atoms. The second-order valence-electron chi connectivity index (χ2n) is 7.71. The molecule has 154 valence electrons. The predicted molar refractivity (Wildman–Crippen MR) is 125 cm³/mol. The summed E-state index contributed by atoms with van der Waals surface area (Å²) in [6.07, 6.45) is 6.40. The van der Waals surface area contributed by atoms with Crippen molar-refractivity contribution in [2.45, 2.75) is 51.5 Å². The molecule has 5 nitrogen and oxygen atoms in total. The molecule has 1 aliphatic heterocycles. The number of nitrogens with zero attached hydrogens (tertiary/aromatic N) is 2. The average molecular weight is 499 g/mol. The zero-order valence-electron chi connectivity index (χ0n) is 16.9. The Morgan fingerprint density at radius 3 is 2.50 bits per heavy atom. The van der Waals surface area contributed by atoms with Gasteiger partial charge in [0.15, 0.2) is 5.96 Å². The molecule has 2 rings (SSSR count). The first kappa shape index (κ1) is 24.3. The van der Waals surface area contributed by atoms with E-state index >= 15 is 0 Å². The molecule has 0 amide bonds. The highest BCUT2D eigenvalue weighted by molar-refractivity contribution is 14.0. The minimum atomic E-state index is 0. The molecule has 2 fully saturated rings. The maximum absolute atomic E-state index is 5.64. The summed E-state index contributed by atoms with van der Waals surface area (Å²) in [5, 5.41) is 7.05. The average Bonchev–Trinajstić information content (AvgIpc) is 3.11. The van der Waals surface area contributed by atoms with Crippen molar-refractivity contribution in [3.05, 3.63) is 0 Å². The van der Waals surface area contributed by atoms with Crippen LogP contribution in [0.3, 0.4) is 0 Å². The first-order valence-corrected chi connectivity index (χ1v) is 11.2. The molecule has 2 aliphatic rings. The van der Waals surface area contributed by atoms with Crippen LogP contribution in [0.1, 0.15) is 46.0 Å². The molecular weight excluding hydrogens is 459 g/mol. The number of hydrogen-bond acceptors (Lipinski definition) is 4. The van der Waals surface area contributed by atoms with E-state index in [0.29, 0.717) is 11.5 Å². The summed E-state index contributed by atoms with van der Waals surface area (Å²) in [7, 11) is 1.86. The van der Waals surface area contributed by atoms with Crippen LogP contribution in [0.15, 0.2) is 4.99 Å². The van der Waals surface area contributed by atoms with Crippen molar-refractivity contribution in [2.24, 2.45) is 10.9 Å². The van der Waals surface area contributed by atoms with Gasteiger partial charge in [0.05, 0.1) is 0 Å². The Morgan fingerprint density at radius 2 is 1.88 bits per heavy atom. The molecule has 1 saturated heterocycles. The number of hydrogen-bond donors (Lipinski definition) is 2. The number of nitrogens with one attached hydrogen (secondary N) is 2. The SMILES string of the molecule is CN=C(NCCCOCC(C)C)NCC1(N2CCSCC2)CCCC1.I. The van der Waals surface area contributed by atoms with E-state index in [4.69, 9.17) is 4.74 Å². The summed E-state index contributed by atoms with van der Waals surface area (Å²) in [5.74, 6) is 4.11. The molecule has 7 heteroatoms. The lowest BCUT2D eigenvalue weighted by molar-refractivity contribution is 0.106. The van der Waals surface area contributed by atoms with Crippen LogP contribution in [0.2, 0.25) is 0 Å². The normalized spacial score (nSPS) is 20.8. The Morgan fingerprint density at radius 1 is 1.19 bits per heavy atom. The Labute approximate surface area is 181 Å². The lowest BCUT2D eigenvalue weighted by atomic mass is 9.94. The van der Waals surface area contributed by atoms with Gasteiger partial charge in [-0.1, -0.05) is 26.7 Å². The zero-order valence-corrected chi connectivity index (χ0v) is 20.0. The highest BCUT2D eigenvalue weighted by Crippen LogP contribution is 2.36. The van der Waals surface area contributed by atoms with Crippen LogP contribution in [0.5, 0.6) is 0 Å². The quantitative estimate of drug-likeness (QED) is 0.221. The molecule has 1 aliphatic carbocycles. The molecule has 0 unspecified atom stereocenters. The van der Waals surface area contributed by atoms with Crippen LogP contribution >= 0.6 is 35.7 Å². The van der Waals surface area contributed by atoms with Gasteiger partial charge in [0.25, 0.3) is 0 Å². The van der Waals surface area contributed by atoms with Crippen molar-refractivity contribution >= 4 is 41.7 Å². The molecule has 2 N–H and O–H groups in total. The maximum atomic E-state index is 5.64. The summed E-state index contributed by atoms with van der Waals surface area (Å²) in [5.41, 5.74) is 0.346. The van der Waals surface area contributed by atoms with Crippen LogP contribution in [-0.2, 0) is 4.74 Å². The van der Waals surface area contributed by atoms with E-state index < -0.39 is 0 Å². The topological polar surface area (TPSA) is 48.9 Å². The molecule has 0 atom stereocenters. The van der Waals surface area contributed by atoms with Crippen LogP contribution in [0.4, 0.5) is 0 Å². The van der Waals surface area contributed by atoms with E-state index in [1.165, 1.54) is 50.3 Å². The third kappa shape index (κ3) is 8.10. The van der Waals surface area contributed by atoms with E-state index in [9.17, 15) is 0 Å². The fraction of sp³-hybridized carbons (Fsp3) is 0.947. The highest BCUT2D eigenvalue weighted by atomic mass is 127. The molecule has 0 radical (unpaired) electrons. The Bertz CT molecular complexity index is 397. The van der Waals surface area contributed by atoms with E-state index in [0.717, 1.165) is 38.7 Å². The second kappa shape index (κ2) is 13.4. The van der Waals surface area contributed by atoms with Gasteiger partial charge in [-0.15, -0.1) is 24.0 Å². The number of guanidine groups is 1. The van der Waals surface area contributed by atoms with E-state index in [1.807, 2.05) is 7.05 Å². The molecule has 0 spiro atoms. The number of rotatable bonds is 9. The Balaban J connectivity index is 0.00000338. The van der Waals surface area contributed by atoms with Crippen LogP contribution < -0.4 is 10.6 Å². The summed E-state index contributed by atoms with van der Waals surface area (Å²) >= 11 is 2.09. The molecular formula is C19H39IN4OS. The van der Waals surface area contributed by atoms with Gasteiger partial charge < -0.3 is 15.4 Å². The van der Waals surface area contributed by atoms with Gasteiger partial charge in [0.2, 0.25) is 0 Å². The number of thioether (sulfide) groups is 1. The fourth-order valence-corrected chi connectivity index (χ4v) is 4.75. The smallest absolute Gasteiger partial charge is 0.191 e. The Kier molecular flexibility index (Phi) is 12.6. The van der Waals surface area contributed by atoms with Crippen molar-refractivity contribution in [2.75, 3.05) is 57.9 Å². The van der Waals surface area contributed by atoms with Crippen molar-refractivity contribution in [3.63, 3.8) is 0 Å². The van der Waals surface area contributed by atoms with E-state index in [1.54, 1.807) is 0 Å². The highest BCUT2D eigenvalue weighted by Gasteiger charge is 2.39. The Hall–Kier alpha value is 0.270. The summed E-state index contributed by atoms with van der Waals surface area (Å²) in [4.78, 5) is 7.15. The van der Waals surface area contributed by atoms with Gasteiger partial charge >= 0.3 is 0 Å². The lowest BCUT2D eigenvalue weighted by Gasteiger charge is -2.43. The zero-order chi connectivity index (χ0) is 18.0. The molecule has 0 aromatic carbocycles. The third-order valence-electron chi connectivity index (χ3n) is 5.23.